The van der Waals surface area contributed by atoms with Crippen LogP contribution in [0.4, 0.5) is 11.6 Å². The minimum absolute atomic E-state index is 0.101. The highest BCUT2D eigenvalue weighted by Crippen LogP contribution is 2.27. The first-order chi connectivity index (χ1) is 17.9. The topological polar surface area (TPSA) is 119 Å². The smallest absolute Gasteiger partial charge is 0.255 e. The lowest BCUT2D eigenvalue weighted by molar-refractivity contribution is 0.0390. The minimum atomic E-state index is -3.55. The van der Waals surface area contributed by atoms with Gasteiger partial charge in [0.1, 0.15) is 12.4 Å². The van der Waals surface area contributed by atoms with E-state index < -0.39 is 10.0 Å². The van der Waals surface area contributed by atoms with E-state index in [-0.39, 0.29) is 17.4 Å². The molecule has 0 spiro atoms. The van der Waals surface area contributed by atoms with Crippen molar-refractivity contribution in [3.8, 4) is 11.4 Å². The molecule has 10 nitrogen and oxygen atoms in total. The second kappa shape index (κ2) is 10.5. The normalized spacial score (nSPS) is 15.9. The first-order valence-corrected chi connectivity index (χ1v) is 13.4. The van der Waals surface area contributed by atoms with E-state index >= 15 is 0 Å². The van der Waals surface area contributed by atoms with Crippen LogP contribution in [0.25, 0.3) is 11.4 Å². The van der Waals surface area contributed by atoms with Crippen molar-refractivity contribution in [1.29, 1.82) is 0 Å². The highest BCUT2D eigenvalue weighted by Gasteiger charge is 2.25. The second-order valence-corrected chi connectivity index (χ2v) is 10.4. The molecular weight excluding hydrogens is 492 g/mol. The van der Waals surface area contributed by atoms with Gasteiger partial charge in [0, 0.05) is 31.5 Å². The van der Waals surface area contributed by atoms with Gasteiger partial charge in [-0.25, -0.2) is 23.4 Å². The first kappa shape index (κ1) is 24.6. The van der Waals surface area contributed by atoms with E-state index in [0.29, 0.717) is 48.3 Å². The Balaban J connectivity index is 1.31. The average Bonchev–Trinajstić information content (AvgIpc) is 2.91. The molecule has 2 aromatic carbocycles. The van der Waals surface area contributed by atoms with Crippen molar-refractivity contribution in [2.45, 2.75) is 11.9 Å². The molecule has 1 N–H and O–H groups in total. The van der Waals surface area contributed by atoms with E-state index in [1.807, 2.05) is 35.2 Å². The Labute approximate surface area is 214 Å². The molecule has 5 rings (SSSR count). The minimum Gasteiger partial charge on any atom is -0.370 e. The van der Waals surface area contributed by atoms with Crippen LogP contribution in [0, 0.1) is 0 Å². The molecule has 1 aliphatic rings. The molecule has 3 heterocycles. The Hall–Kier alpha value is -4.09. The van der Waals surface area contributed by atoms with Crippen molar-refractivity contribution in [3.63, 3.8) is 0 Å². The monoisotopic (exact) mass is 518 g/mol. The summed E-state index contributed by atoms with van der Waals surface area (Å²) < 4.78 is 35.3. The molecule has 0 unspecified atom stereocenters. The number of morpholine rings is 1. The van der Waals surface area contributed by atoms with Crippen LogP contribution < -0.4 is 15.2 Å². The van der Waals surface area contributed by atoms with E-state index in [1.54, 1.807) is 43.6 Å². The summed E-state index contributed by atoms with van der Waals surface area (Å²) in [6, 6.07) is 19.3. The number of nitrogens with one attached hydrogen (secondary N) is 1. The fourth-order valence-corrected chi connectivity index (χ4v) is 5.39. The van der Waals surface area contributed by atoms with Crippen LogP contribution in [0.15, 0.2) is 84.0 Å². The number of aromatic nitrogens is 4. The maximum Gasteiger partial charge on any atom is 0.255 e. The second-order valence-electron chi connectivity index (χ2n) is 8.71. The summed E-state index contributed by atoms with van der Waals surface area (Å²) in [7, 11) is -1.86. The van der Waals surface area contributed by atoms with Crippen molar-refractivity contribution in [3.05, 3.63) is 101 Å². The zero-order chi connectivity index (χ0) is 25.8. The largest absolute Gasteiger partial charge is 0.370 e. The van der Waals surface area contributed by atoms with E-state index in [4.69, 9.17) is 9.72 Å². The van der Waals surface area contributed by atoms with Crippen LogP contribution in [0.5, 0.6) is 0 Å². The first-order valence-electron chi connectivity index (χ1n) is 11.7. The number of ether oxygens (including phenoxy) is 1. The van der Waals surface area contributed by atoms with Crippen LogP contribution >= 0.6 is 0 Å². The highest BCUT2D eigenvalue weighted by atomic mass is 32.2. The predicted molar refractivity (Wildman–Crippen MR) is 141 cm³/mol. The standard InChI is InChI=1S/C26H26N6O4S/c1-31-25(33)15-23(22-11-12-27-18-28-22)29-26(31)32-13-14-36-24(16-32)20-7-9-21(10-8-20)30-37(34,35)17-19-5-3-2-4-6-19/h2-12,15,18,24,30H,13-14,16-17H2,1H3/t24-/m1/s1. The Kier molecular flexibility index (Phi) is 6.97. The third-order valence-corrected chi connectivity index (χ3v) is 7.32. The Morgan fingerprint density at radius 2 is 1.84 bits per heavy atom. The lowest BCUT2D eigenvalue weighted by atomic mass is 10.1. The van der Waals surface area contributed by atoms with E-state index in [1.165, 1.54) is 17.0 Å². The highest BCUT2D eigenvalue weighted by molar-refractivity contribution is 7.91. The number of benzene rings is 2. The number of nitrogens with zero attached hydrogens (tertiary/aromatic N) is 5. The van der Waals surface area contributed by atoms with Crippen LogP contribution in [-0.2, 0) is 27.6 Å². The fraction of sp³-hybridized carbons (Fsp3) is 0.231. The molecule has 1 saturated heterocycles. The molecular formula is C26H26N6O4S. The average molecular weight is 519 g/mol. The van der Waals surface area contributed by atoms with Crippen LogP contribution in [0.2, 0.25) is 0 Å². The molecule has 190 valence electrons. The molecule has 1 atom stereocenters. The van der Waals surface area contributed by atoms with Gasteiger partial charge in [-0.05, 0) is 29.3 Å². The van der Waals surface area contributed by atoms with Gasteiger partial charge >= 0.3 is 0 Å². The number of hydrogen-bond acceptors (Lipinski definition) is 8. The SMILES string of the molecule is Cn1c(N2CCO[C@@H](c3ccc(NS(=O)(=O)Cc4ccccc4)cc3)C2)nc(-c2ccncn2)cc1=O. The molecule has 2 aromatic heterocycles. The van der Waals surface area contributed by atoms with Gasteiger partial charge in [0.25, 0.3) is 5.56 Å². The van der Waals surface area contributed by atoms with Gasteiger partial charge in [-0.1, -0.05) is 42.5 Å². The van der Waals surface area contributed by atoms with Crippen LogP contribution in [0.3, 0.4) is 0 Å². The third kappa shape index (κ3) is 5.84. The summed E-state index contributed by atoms with van der Waals surface area (Å²) in [4.78, 5) is 27.5. The van der Waals surface area contributed by atoms with Gasteiger partial charge in [0.15, 0.2) is 0 Å². The van der Waals surface area contributed by atoms with Gasteiger partial charge in [-0.3, -0.25) is 14.1 Å². The molecule has 0 aliphatic carbocycles. The maximum absolute atomic E-state index is 12.7. The van der Waals surface area contributed by atoms with Crippen molar-refractivity contribution in [2.75, 3.05) is 29.3 Å². The maximum atomic E-state index is 12.7. The van der Waals surface area contributed by atoms with Gasteiger partial charge in [0.05, 0.1) is 30.3 Å². The molecule has 1 aliphatic heterocycles. The summed E-state index contributed by atoms with van der Waals surface area (Å²) in [6.07, 6.45) is 2.75. The lowest BCUT2D eigenvalue weighted by Crippen LogP contribution is -2.41. The third-order valence-electron chi connectivity index (χ3n) is 6.06. The molecule has 0 radical (unpaired) electrons. The van der Waals surface area contributed by atoms with Crippen molar-refractivity contribution >= 4 is 21.7 Å². The summed E-state index contributed by atoms with van der Waals surface area (Å²) in [5.74, 6) is 0.426. The molecule has 11 heteroatoms. The van der Waals surface area contributed by atoms with Gasteiger partial charge in [-0.15, -0.1) is 0 Å². The summed E-state index contributed by atoms with van der Waals surface area (Å²) in [5, 5.41) is 0. The lowest BCUT2D eigenvalue weighted by Gasteiger charge is -2.34. The molecule has 0 bridgehead atoms. The molecule has 4 aromatic rings. The van der Waals surface area contributed by atoms with Crippen LogP contribution in [0.1, 0.15) is 17.2 Å². The molecule has 0 saturated carbocycles. The predicted octanol–water partition coefficient (Wildman–Crippen LogP) is 2.76. The van der Waals surface area contributed by atoms with E-state index in [9.17, 15) is 13.2 Å². The number of sulfonamides is 1. The van der Waals surface area contributed by atoms with Gasteiger partial charge in [0.2, 0.25) is 16.0 Å². The van der Waals surface area contributed by atoms with E-state index in [0.717, 1.165) is 5.56 Å². The molecule has 37 heavy (non-hydrogen) atoms. The Morgan fingerprint density at radius 3 is 2.57 bits per heavy atom. The van der Waals surface area contributed by atoms with E-state index in [2.05, 4.69) is 14.7 Å². The molecule has 0 amide bonds. The molecule has 1 fully saturated rings. The quantitative estimate of drug-likeness (QED) is 0.397. The summed E-state index contributed by atoms with van der Waals surface area (Å²) in [5.41, 5.74) is 2.96. The van der Waals surface area contributed by atoms with Gasteiger partial charge in [-0.2, -0.15) is 0 Å². The van der Waals surface area contributed by atoms with Crippen LogP contribution in [-0.4, -0.2) is 47.6 Å². The summed E-state index contributed by atoms with van der Waals surface area (Å²) >= 11 is 0. The van der Waals surface area contributed by atoms with Crippen molar-refractivity contribution < 1.29 is 13.2 Å². The number of hydrogen-bond donors (Lipinski definition) is 1. The van der Waals surface area contributed by atoms with Crippen molar-refractivity contribution in [2.24, 2.45) is 7.05 Å². The number of anilines is 2. The zero-order valence-electron chi connectivity index (χ0n) is 20.2. The Morgan fingerprint density at radius 1 is 1.05 bits per heavy atom. The Bertz CT molecular complexity index is 1530. The summed E-state index contributed by atoms with van der Waals surface area (Å²) in [6.45, 7) is 1.50. The zero-order valence-corrected chi connectivity index (χ0v) is 21.0. The number of rotatable bonds is 7. The van der Waals surface area contributed by atoms with Gasteiger partial charge < -0.3 is 9.64 Å². The van der Waals surface area contributed by atoms with Crippen molar-refractivity contribution in [1.82, 2.24) is 19.5 Å². The fourth-order valence-electron chi connectivity index (χ4n) is 4.19.